The fourth-order valence-corrected chi connectivity index (χ4v) is 3.83. The number of aliphatic hydroxyl groups is 1. The summed E-state index contributed by atoms with van der Waals surface area (Å²) in [4.78, 5) is 2.85. The molecule has 1 aliphatic carbocycles. The highest BCUT2D eigenvalue weighted by atomic mass is 32.1. The molecule has 1 aliphatic rings. The van der Waals surface area contributed by atoms with Crippen LogP contribution in [-0.4, -0.2) is 9.67 Å². The molecule has 1 atom stereocenters. The van der Waals surface area contributed by atoms with Crippen molar-refractivity contribution in [3.05, 3.63) is 45.4 Å². The van der Waals surface area contributed by atoms with E-state index >= 15 is 0 Å². The minimum Gasteiger partial charge on any atom is -0.388 e. The zero-order valence-corrected chi connectivity index (χ0v) is 12.2. The van der Waals surface area contributed by atoms with Crippen LogP contribution in [0.5, 0.6) is 0 Å². The monoisotopic (exact) mass is 275 g/mol. The van der Waals surface area contributed by atoms with Crippen LogP contribution in [0.2, 0.25) is 0 Å². The lowest BCUT2D eigenvalue weighted by atomic mass is 10.1. The van der Waals surface area contributed by atoms with Gasteiger partial charge in [0.15, 0.2) is 0 Å². The molecule has 2 aromatic rings. The predicted molar refractivity (Wildman–Crippen MR) is 79.7 cm³/mol. The Morgan fingerprint density at radius 3 is 2.89 bits per heavy atom. The molecule has 0 aliphatic heterocycles. The first-order valence-electron chi connectivity index (χ1n) is 7.20. The van der Waals surface area contributed by atoms with E-state index in [9.17, 15) is 5.11 Å². The Morgan fingerprint density at radius 2 is 2.11 bits per heavy atom. The van der Waals surface area contributed by atoms with Gasteiger partial charge in [0.1, 0.15) is 0 Å². The van der Waals surface area contributed by atoms with E-state index in [0.29, 0.717) is 0 Å². The number of nitrogens with zero attached hydrogens (tertiary/aromatic N) is 1. The molecule has 0 radical (unpaired) electrons. The quantitative estimate of drug-likeness (QED) is 0.844. The zero-order valence-electron chi connectivity index (χ0n) is 11.4. The average Bonchev–Trinajstić information content (AvgIpc) is 2.98. The van der Waals surface area contributed by atoms with Gasteiger partial charge < -0.3 is 9.67 Å². The summed E-state index contributed by atoms with van der Waals surface area (Å²) in [5.74, 6) is 0. The number of hydrogen-bond acceptors (Lipinski definition) is 2. The van der Waals surface area contributed by atoms with Crippen molar-refractivity contribution in [2.75, 3.05) is 0 Å². The SMILES string of the molecule is CCc1ccc(Cn2cc3c(c2)C(O)CCCC3)s1. The molecular formula is C16H21NOS. The Kier molecular flexibility index (Phi) is 3.76. The van der Waals surface area contributed by atoms with Gasteiger partial charge in [-0.1, -0.05) is 13.3 Å². The van der Waals surface area contributed by atoms with E-state index in [-0.39, 0.29) is 6.10 Å². The van der Waals surface area contributed by atoms with E-state index in [0.717, 1.165) is 37.8 Å². The van der Waals surface area contributed by atoms with E-state index in [1.165, 1.54) is 21.7 Å². The topological polar surface area (TPSA) is 25.2 Å². The molecule has 3 rings (SSSR count). The molecule has 0 spiro atoms. The first-order valence-corrected chi connectivity index (χ1v) is 8.02. The van der Waals surface area contributed by atoms with Crippen LogP contribution in [0.3, 0.4) is 0 Å². The normalized spacial score (nSPS) is 19.2. The van der Waals surface area contributed by atoms with Crippen LogP contribution < -0.4 is 0 Å². The van der Waals surface area contributed by atoms with Gasteiger partial charge in [0.2, 0.25) is 0 Å². The molecule has 0 saturated carbocycles. The molecule has 0 saturated heterocycles. The highest BCUT2D eigenvalue weighted by Gasteiger charge is 2.18. The van der Waals surface area contributed by atoms with Gasteiger partial charge in [-0.15, -0.1) is 11.3 Å². The molecule has 19 heavy (non-hydrogen) atoms. The Labute approximate surface area is 118 Å². The molecule has 1 unspecified atom stereocenters. The number of aryl methyl sites for hydroxylation is 2. The number of hydrogen-bond donors (Lipinski definition) is 1. The lowest BCUT2D eigenvalue weighted by Gasteiger charge is -2.06. The highest BCUT2D eigenvalue weighted by Crippen LogP contribution is 2.30. The maximum absolute atomic E-state index is 10.2. The van der Waals surface area contributed by atoms with Crippen LogP contribution in [0, 0.1) is 0 Å². The molecule has 0 aromatic carbocycles. The van der Waals surface area contributed by atoms with Crippen LogP contribution in [0.25, 0.3) is 0 Å². The Hall–Kier alpha value is -1.06. The van der Waals surface area contributed by atoms with Gasteiger partial charge in [-0.3, -0.25) is 0 Å². The van der Waals surface area contributed by atoms with Crippen molar-refractivity contribution in [1.29, 1.82) is 0 Å². The third-order valence-corrected chi connectivity index (χ3v) is 5.15. The van der Waals surface area contributed by atoms with Gasteiger partial charge >= 0.3 is 0 Å². The fraction of sp³-hybridized carbons (Fsp3) is 0.500. The first kappa shape index (κ1) is 12.9. The van der Waals surface area contributed by atoms with Crippen LogP contribution in [0.1, 0.15) is 53.2 Å². The third kappa shape index (κ3) is 2.77. The number of thiophene rings is 1. The van der Waals surface area contributed by atoms with Crippen LogP contribution in [0.15, 0.2) is 24.5 Å². The largest absolute Gasteiger partial charge is 0.388 e. The van der Waals surface area contributed by atoms with Gasteiger partial charge in [0, 0.05) is 27.7 Å². The lowest BCUT2D eigenvalue weighted by molar-refractivity contribution is 0.166. The summed E-state index contributed by atoms with van der Waals surface area (Å²) in [5, 5.41) is 10.2. The Bertz CT molecular complexity index is 555. The van der Waals surface area contributed by atoms with E-state index in [2.05, 4.69) is 36.0 Å². The number of aliphatic hydroxyl groups excluding tert-OH is 1. The minimum absolute atomic E-state index is 0.256. The summed E-state index contributed by atoms with van der Waals surface area (Å²) in [7, 11) is 0. The van der Waals surface area contributed by atoms with Crippen molar-refractivity contribution in [3.8, 4) is 0 Å². The van der Waals surface area contributed by atoms with E-state index in [4.69, 9.17) is 0 Å². The van der Waals surface area contributed by atoms with Gasteiger partial charge in [0.25, 0.3) is 0 Å². The van der Waals surface area contributed by atoms with Gasteiger partial charge in [0.05, 0.1) is 12.6 Å². The molecule has 1 N–H and O–H groups in total. The van der Waals surface area contributed by atoms with E-state index in [1.807, 2.05) is 11.3 Å². The summed E-state index contributed by atoms with van der Waals surface area (Å²) in [5.41, 5.74) is 2.50. The highest BCUT2D eigenvalue weighted by molar-refractivity contribution is 7.11. The van der Waals surface area contributed by atoms with Crippen LogP contribution in [0.4, 0.5) is 0 Å². The van der Waals surface area contributed by atoms with E-state index in [1.54, 1.807) is 0 Å². The number of rotatable bonds is 3. The lowest BCUT2D eigenvalue weighted by Crippen LogP contribution is -1.97. The van der Waals surface area contributed by atoms with Gasteiger partial charge in [-0.2, -0.15) is 0 Å². The van der Waals surface area contributed by atoms with Crippen LogP contribution in [-0.2, 0) is 19.4 Å². The second-order valence-corrected chi connectivity index (χ2v) is 6.65. The summed E-state index contributed by atoms with van der Waals surface area (Å²) in [6.45, 7) is 3.13. The fourth-order valence-electron chi connectivity index (χ4n) is 2.86. The van der Waals surface area contributed by atoms with Crippen molar-refractivity contribution in [2.45, 2.75) is 51.7 Å². The molecule has 2 aromatic heterocycles. The van der Waals surface area contributed by atoms with E-state index < -0.39 is 0 Å². The molecule has 0 amide bonds. The maximum atomic E-state index is 10.2. The average molecular weight is 275 g/mol. The minimum atomic E-state index is -0.256. The van der Waals surface area contributed by atoms with Gasteiger partial charge in [-0.25, -0.2) is 0 Å². The molecule has 0 fully saturated rings. The van der Waals surface area contributed by atoms with Crippen molar-refractivity contribution < 1.29 is 5.11 Å². The van der Waals surface area contributed by atoms with Crippen molar-refractivity contribution in [2.24, 2.45) is 0 Å². The van der Waals surface area contributed by atoms with Crippen molar-refractivity contribution in [3.63, 3.8) is 0 Å². The second-order valence-electron chi connectivity index (χ2n) is 5.39. The van der Waals surface area contributed by atoms with Crippen molar-refractivity contribution in [1.82, 2.24) is 4.57 Å². The zero-order chi connectivity index (χ0) is 13.2. The predicted octanol–water partition coefficient (Wildman–Crippen LogP) is 3.92. The summed E-state index contributed by atoms with van der Waals surface area (Å²) >= 11 is 1.90. The molecule has 102 valence electrons. The Balaban J connectivity index is 1.80. The molecule has 2 heterocycles. The summed E-state index contributed by atoms with van der Waals surface area (Å²) in [6.07, 6.45) is 9.61. The smallest absolute Gasteiger partial charge is 0.0807 e. The standard InChI is InChI=1S/C16H21NOS/c1-2-13-7-8-14(19-13)10-17-9-12-5-3-4-6-16(18)15(12)11-17/h7-9,11,16,18H,2-6,10H2,1H3. The summed E-state index contributed by atoms with van der Waals surface area (Å²) < 4.78 is 2.24. The second kappa shape index (κ2) is 5.51. The molecular weight excluding hydrogens is 254 g/mol. The Morgan fingerprint density at radius 1 is 1.26 bits per heavy atom. The summed E-state index contributed by atoms with van der Waals surface area (Å²) in [6, 6.07) is 4.45. The molecule has 3 heteroatoms. The maximum Gasteiger partial charge on any atom is 0.0807 e. The third-order valence-electron chi connectivity index (χ3n) is 3.93. The molecule has 2 nitrogen and oxygen atoms in total. The van der Waals surface area contributed by atoms with Crippen LogP contribution >= 0.6 is 11.3 Å². The van der Waals surface area contributed by atoms with Gasteiger partial charge in [-0.05, 0) is 43.4 Å². The van der Waals surface area contributed by atoms with Crippen molar-refractivity contribution >= 4 is 11.3 Å². The first-order chi connectivity index (χ1) is 9.26. The number of fused-ring (bicyclic) bond motifs is 1. The molecule has 0 bridgehead atoms. The number of aromatic nitrogens is 1.